The number of ether oxygens (including phenoxy) is 1. The summed E-state index contributed by atoms with van der Waals surface area (Å²) >= 11 is 1.84. The topological polar surface area (TPSA) is 78.8 Å². The molecule has 150 valence electrons. The Morgan fingerprint density at radius 2 is 2.19 bits per heavy atom. The first-order valence-electron chi connectivity index (χ1n) is 9.93. The van der Waals surface area contributed by atoms with Gasteiger partial charge in [-0.2, -0.15) is 0 Å². The van der Waals surface area contributed by atoms with Crippen molar-refractivity contribution in [3.63, 3.8) is 0 Å². The highest BCUT2D eigenvalue weighted by atomic mass is 32.1. The molecule has 2 aliphatic rings. The smallest absolute Gasteiger partial charge is 0.407 e. The minimum Gasteiger partial charge on any atom is -0.450 e. The second-order valence-electron chi connectivity index (χ2n) is 7.28. The summed E-state index contributed by atoms with van der Waals surface area (Å²) in [6.45, 7) is 3.60. The maximum absolute atomic E-state index is 11.8. The normalized spacial score (nSPS) is 17.8. The number of aromatic nitrogens is 1. The van der Waals surface area contributed by atoms with Crippen molar-refractivity contribution >= 4 is 23.4 Å². The molecule has 0 spiro atoms. The highest BCUT2D eigenvalue weighted by Gasteiger charge is 2.32. The van der Waals surface area contributed by atoms with Crippen molar-refractivity contribution in [3.05, 3.63) is 15.6 Å². The molecule has 27 heavy (non-hydrogen) atoms. The van der Waals surface area contributed by atoms with Gasteiger partial charge in [0.25, 0.3) is 0 Å². The molecular formula is C19H31N5O2S. The first kappa shape index (κ1) is 19.9. The van der Waals surface area contributed by atoms with Crippen molar-refractivity contribution < 1.29 is 9.53 Å². The zero-order valence-electron chi connectivity index (χ0n) is 16.6. The van der Waals surface area contributed by atoms with E-state index in [0.29, 0.717) is 19.1 Å². The van der Waals surface area contributed by atoms with Gasteiger partial charge in [0.1, 0.15) is 5.01 Å². The molecule has 1 amide bonds. The molecule has 0 aromatic carbocycles. The number of amides is 1. The van der Waals surface area contributed by atoms with E-state index in [9.17, 15) is 4.79 Å². The summed E-state index contributed by atoms with van der Waals surface area (Å²) < 4.78 is 5.02. The van der Waals surface area contributed by atoms with Gasteiger partial charge in [-0.3, -0.25) is 4.99 Å². The van der Waals surface area contributed by atoms with E-state index < -0.39 is 0 Å². The average molecular weight is 394 g/mol. The molecule has 2 N–H and O–H groups in total. The highest BCUT2D eigenvalue weighted by molar-refractivity contribution is 7.11. The van der Waals surface area contributed by atoms with Crippen LogP contribution >= 0.6 is 11.3 Å². The van der Waals surface area contributed by atoms with Gasteiger partial charge < -0.3 is 20.3 Å². The molecule has 1 unspecified atom stereocenters. The fraction of sp³-hybridized carbons (Fsp3) is 0.737. The number of aryl methyl sites for hydroxylation is 2. The Labute approximate surface area is 165 Å². The monoisotopic (exact) mass is 393 g/mol. The molecule has 1 heterocycles. The number of hydrogen-bond donors (Lipinski definition) is 2. The van der Waals surface area contributed by atoms with Crippen LogP contribution < -0.4 is 10.6 Å². The lowest BCUT2D eigenvalue weighted by Crippen LogP contribution is -2.48. The summed E-state index contributed by atoms with van der Waals surface area (Å²) in [5.74, 6) is 1.34. The number of rotatable bonds is 7. The number of carbonyl (C=O) groups is 1. The lowest BCUT2D eigenvalue weighted by atomic mass is 10.0. The Morgan fingerprint density at radius 3 is 2.85 bits per heavy atom. The molecule has 3 rings (SSSR count). The maximum atomic E-state index is 11.8. The van der Waals surface area contributed by atoms with E-state index in [-0.39, 0.29) is 12.1 Å². The van der Waals surface area contributed by atoms with Crippen LogP contribution in [0.5, 0.6) is 0 Å². The quantitative estimate of drug-likeness (QED) is 0.550. The minimum atomic E-state index is -0.340. The molecule has 0 saturated heterocycles. The fourth-order valence-electron chi connectivity index (χ4n) is 3.50. The second-order valence-corrected chi connectivity index (χ2v) is 8.45. The van der Waals surface area contributed by atoms with Crippen molar-refractivity contribution in [3.8, 4) is 0 Å². The summed E-state index contributed by atoms with van der Waals surface area (Å²) in [6.07, 6.45) is 6.79. The lowest BCUT2D eigenvalue weighted by molar-refractivity contribution is 0.146. The van der Waals surface area contributed by atoms with Gasteiger partial charge in [0.15, 0.2) is 5.96 Å². The predicted molar refractivity (Wildman–Crippen MR) is 108 cm³/mol. The van der Waals surface area contributed by atoms with Crippen LogP contribution in [0.3, 0.4) is 0 Å². The van der Waals surface area contributed by atoms with Crippen LogP contribution in [0.15, 0.2) is 4.99 Å². The SMILES string of the molecule is CCOC(=O)NC(CNC(=NC)N(C)Cc1nc2c(s1)CCCC2)C1CC1. The van der Waals surface area contributed by atoms with Gasteiger partial charge in [0.2, 0.25) is 0 Å². The maximum Gasteiger partial charge on any atom is 0.407 e. The number of alkyl carbamates (subject to hydrolysis) is 1. The van der Waals surface area contributed by atoms with E-state index in [0.717, 1.165) is 36.8 Å². The number of fused-ring (bicyclic) bond motifs is 1. The van der Waals surface area contributed by atoms with E-state index in [1.165, 1.54) is 29.8 Å². The molecule has 2 aliphatic carbocycles. The number of nitrogens with one attached hydrogen (secondary N) is 2. The van der Waals surface area contributed by atoms with Gasteiger partial charge in [0.05, 0.1) is 24.9 Å². The van der Waals surface area contributed by atoms with Crippen LogP contribution in [0.2, 0.25) is 0 Å². The van der Waals surface area contributed by atoms with E-state index in [2.05, 4.69) is 20.5 Å². The number of guanidine groups is 1. The summed E-state index contributed by atoms with van der Waals surface area (Å²) in [5, 5.41) is 7.52. The van der Waals surface area contributed by atoms with E-state index in [1.807, 2.05) is 25.3 Å². The van der Waals surface area contributed by atoms with Crippen molar-refractivity contribution in [2.24, 2.45) is 10.9 Å². The van der Waals surface area contributed by atoms with E-state index in [1.54, 1.807) is 7.05 Å². The number of carbonyl (C=O) groups excluding carboxylic acids is 1. The number of nitrogens with zero attached hydrogens (tertiary/aromatic N) is 3. The van der Waals surface area contributed by atoms with Gasteiger partial charge >= 0.3 is 6.09 Å². The predicted octanol–water partition coefficient (Wildman–Crippen LogP) is 2.55. The Kier molecular flexibility index (Phi) is 6.93. The Morgan fingerprint density at radius 1 is 1.41 bits per heavy atom. The molecule has 1 fully saturated rings. The van der Waals surface area contributed by atoms with Crippen molar-refractivity contribution in [2.75, 3.05) is 27.2 Å². The van der Waals surface area contributed by atoms with Gasteiger partial charge in [0, 0.05) is 25.5 Å². The molecule has 0 bridgehead atoms. The Balaban J connectivity index is 1.52. The summed E-state index contributed by atoms with van der Waals surface area (Å²) in [6, 6.07) is 0.0707. The molecule has 7 nitrogen and oxygen atoms in total. The molecule has 0 radical (unpaired) electrons. The second kappa shape index (κ2) is 9.39. The van der Waals surface area contributed by atoms with E-state index in [4.69, 9.17) is 9.72 Å². The van der Waals surface area contributed by atoms with Gasteiger partial charge in [-0.05, 0) is 51.4 Å². The third-order valence-electron chi connectivity index (χ3n) is 5.09. The third-order valence-corrected chi connectivity index (χ3v) is 6.23. The molecule has 1 saturated carbocycles. The number of aliphatic imine (C=N–C) groups is 1. The van der Waals surface area contributed by atoms with Crippen LogP contribution in [-0.4, -0.2) is 55.2 Å². The number of hydrogen-bond acceptors (Lipinski definition) is 5. The summed E-state index contributed by atoms with van der Waals surface area (Å²) in [4.78, 5) is 24.5. The molecule has 0 aliphatic heterocycles. The van der Waals surface area contributed by atoms with Gasteiger partial charge in [-0.25, -0.2) is 9.78 Å². The van der Waals surface area contributed by atoms with Crippen LogP contribution in [0.1, 0.15) is 48.2 Å². The Hall–Kier alpha value is -1.83. The Bertz CT molecular complexity index is 648. The highest BCUT2D eigenvalue weighted by Crippen LogP contribution is 2.32. The van der Waals surface area contributed by atoms with Crippen LogP contribution in [-0.2, 0) is 24.1 Å². The molecule has 1 aromatic heterocycles. The first-order chi connectivity index (χ1) is 13.1. The largest absolute Gasteiger partial charge is 0.450 e. The lowest BCUT2D eigenvalue weighted by Gasteiger charge is -2.24. The molecule has 8 heteroatoms. The van der Waals surface area contributed by atoms with Gasteiger partial charge in [-0.1, -0.05) is 0 Å². The third kappa shape index (κ3) is 5.57. The zero-order valence-corrected chi connectivity index (χ0v) is 17.4. The van der Waals surface area contributed by atoms with E-state index >= 15 is 0 Å². The average Bonchev–Trinajstić information content (AvgIpc) is 3.41. The zero-order chi connectivity index (χ0) is 19.2. The molecular weight excluding hydrogens is 362 g/mol. The van der Waals surface area contributed by atoms with Crippen LogP contribution in [0.4, 0.5) is 4.79 Å². The first-order valence-corrected chi connectivity index (χ1v) is 10.7. The van der Waals surface area contributed by atoms with Gasteiger partial charge in [-0.15, -0.1) is 11.3 Å². The standard InChI is InChI=1S/C19H31N5O2S/c1-4-26-19(25)23-15(13-9-10-13)11-21-18(20-2)24(3)12-17-22-14-7-5-6-8-16(14)27-17/h13,15H,4-12H2,1-3H3,(H,20,21)(H,23,25). The summed E-state index contributed by atoms with van der Waals surface area (Å²) in [5.41, 5.74) is 1.30. The number of thiazole rings is 1. The molecule has 1 atom stereocenters. The van der Waals surface area contributed by atoms with Crippen molar-refractivity contribution in [1.82, 2.24) is 20.5 Å². The van der Waals surface area contributed by atoms with Crippen LogP contribution in [0, 0.1) is 5.92 Å². The fourth-order valence-corrected chi connectivity index (χ4v) is 4.71. The van der Waals surface area contributed by atoms with Crippen molar-refractivity contribution in [2.45, 2.75) is 58.0 Å². The van der Waals surface area contributed by atoms with Crippen molar-refractivity contribution in [1.29, 1.82) is 0 Å². The van der Waals surface area contributed by atoms with Crippen LogP contribution in [0.25, 0.3) is 0 Å². The minimum absolute atomic E-state index is 0.0707. The summed E-state index contributed by atoms with van der Waals surface area (Å²) in [7, 11) is 3.82. The molecule has 1 aromatic rings.